The van der Waals surface area contributed by atoms with Crippen LogP contribution in [-0.4, -0.2) is 39.3 Å². The minimum Gasteiger partial charge on any atom is -0.481 e. The summed E-state index contributed by atoms with van der Waals surface area (Å²) < 4.78 is 0. The van der Waals surface area contributed by atoms with Crippen LogP contribution in [-0.2, 0) is 9.59 Å². The monoisotopic (exact) mass is 352 g/mol. The van der Waals surface area contributed by atoms with Crippen LogP contribution in [0.5, 0.6) is 0 Å². The maximum atomic E-state index is 12.1. The SMILES string of the molecule is CCCCC[C@@H](O)/C=C/[C@H]1C(=O)CC(O)C1C/C=C/CCCC(=O)O. The lowest BCUT2D eigenvalue weighted by atomic mass is 9.90. The van der Waals surface area contributed by atoms with E-state index in [0.717, 1.165) is 19.3 Å². The number of hydrogen-bond donors (Lipinski definition) is 3. The molecular weight excluding hydrogens is 320 g/mol. The molecule has 4 atom stereocenters. The number of aliphatic carboxylic acids is 1. The number of carboxylic acids is 1. The van der Waals surface area contributed by atoms with Crippen molar-refractivity contribution in [2.45, 2.75) is 76.9 Å². The first-order valence-electron chi connectivity index (χ1n) is 9.39. The molecule has 0 aliphatic heterocycles. The zero-order chi connectivity index (χ0) is 18.7. The third-order valence-corrected chi connectivity index (χ3v) is 4.72. The van der Waals surface area contributed by atoms with Crippen LogP contribution in [0.4, 0.5) is 0 Å². The molecule has 0 aromatic heterocycles. The lowest BCUT2D eigenvalue weighted by molar-refractivity contribution is -0.137. The quantitative estimate of drug-likeness (QED) is 0.370. The van der Waals surface area contributed by atoms with Crippen molar-refractivity contribution in [2.75, 3.05) is 0 Å². The summed E-state index contributed by atoms with van der Waals surface area (Å²) >= 11 is 0. The first-order valence-corrected chi connectivity index (χ1v) is 9.39. The molecule has 0 heterocycles. The Hall–Kier alpha value is -1.46. The molecule has 3 N–H and O–H groups in total. The number of hydrogen-bond acceptors (Lipinski definition) is 4. The van der Waals surface area contributed by atoms with Crippen molar-refractivity contribution in [3.63, 3.8) is 0 Å². The highest BCUT2D eigenvalue weighted by molar-refractivity contribution is 5.86. The van der Waals surface area contributed by atoms with E-state index in [1.54, 1.807) is 12.2 Å². The fraction of sp³-hybridized carbons (Fsp3) is 0.700. The lowest BCUT2D eigenvalue weighted by Crippen LogP contribution is -2.19. The smallest absolute Gasteiger partial charge is 0.303 e. The van der Waals surface area contributed by atoms with Crippen molar-refractivity contribution in [1.29, 1.82) is 0 Å². The normalized spacial score (nSPS) is 25.2. The number of Topliss-reactive ketones (excluding diaryl/α,β-unsaturated/α-hetero) is 1. The van der Waals surface area contributed by atoms with Gasteiger partial charge >= 0.3 is 5.97 Å². The largest absolute Gasteiger partial charge is 0.481 e. The van der Waals surface area contributed by atoms with E-state index in [4.69, 9.17) is 5.11 Å². The van der Waals surface area contributed by atoms with Crippen LogP contribution in [0.1, 0.15) is 64.7 Å². The molecule has 0 amide bonds. The molecule has 142 valence electrons. The van der Waals surface area contributed by atoms with E-state index >= 15 is 0 Å². The summed E-state index contributed by atoms with van der Waals surface area (Å²) in [5.41, 5.74) is 0. The molecule has 1 saturated carbocycles. The summed E-state index contributed by atoms with van der Waals surface area (Å²) in [6, 6.07) is 0. The predicted octanol–water partition coefficient (Wildman–Crippen LogP) is 3.25. The molecule has 0 aromatic carbocycles. The van der Waals surface area contributed by atoms with Crippen LogP contribution in [0.3, 0.4) is 0 Å². The molecule has 1 rings (SSSR count). The number of rotatable bonds is 12. The van der Waals surface area contributed by atoms with E-state index in [2.05, 4.69) is 6.92 Å². The van der Waals surface area contributed by atoms with Crippen molar-refractivity contribution in [2.24, 2.45) is 11.8 Å². The summed E-state index contributed by atoms with van der Waals surface area (Å²) in [6.45, 7) is 2.11. The van der Waals surface area contributed by atoms with Crippen molar-refractivity contribution in [3.05, 3.63) is 24.3 Å². The Bertz CT molecular complexity index is 469. The van der Waals surface area contributed by atoms with Gasteiger partial charge in [0.25, 0.3) is 0 Å². The van der Waals surface area contributed by atoms with Gasteiger partial charge in [0.2, 0.25) is 0 Å². The highest BCUT2D eigenvalue weighted by Crippen LogP contribution is 2.33. The third kappa shape index (κ3) is 8.45. The van der Waals surface area contributed by atoms with Gasteiger partial charge in [0, 0.05) is 24.7 Å². The minimum absolute atomic E-state index is 0.0220. The molecule has 0 radical (unpaired) electrons. The summed E-state index contributed by atoms with van der Waals surface area (Å²) in [7, 11) is 0. The van der Waals surface area contributed by atoms with Crippen LogP contribution in [0.15, 0.2) is 24.3 Å². The minimum atomic E-state index is -0.798. The van der Waals surface area contributed by atoms with Gasteiger partial charge in [-0.25, -0.2) is 0 Å². The average molecular weight is 352 g/mol. The number of unbranched alkanes of at least 4 members (excludes halogenated alkanes) is 3. The standard InChI is InChI=1S/C20H32O5/c1-2-3-6-9-15(21)12-13-17-16(18(22)14-19(17)23)10-7-4-5-8-11-20(24)25/h4,7,12-13,15-18,21-22H,2-3,5-6,8-11,14H2,1H3,(H,24,25)/b7-4+,13-12+/t15-,16?,17-,18?/m1/s1. The summed E-state index contributed by atoms with van der Waals surface area (Å²) in [6.07, 6.45) is 12.1. The zero-order valence-corrected chi connectivity index (χ0v) is 15.1. The van der Waals surface area contributed by atoms with Crippen LogP contribution < -0.4 is 0 Å². The Kier molecular flexibility index (Phi) is 10.3. The number of carbonyl (C=O) groups excluding carboxylic acids is 1. The molecule has 0 bridgehead atoms. The van der Waals surface area contributed by atoms with Gasteiger partial charge in [-0.05, 0) is 25.7 Å². The Morgan fingerprint density at radius 1 is 1.28 bits per heavy atom. The summed E-state index contributed by atoms with van der Waals surface area (Å²) in [5.74, 6) is -1.29. The molecule has 5 nitrogen and oxygen atoms in total. The van der Waals surface area contributed by atoms with E-state index in [0.29, 0.717) is 25.7 Å². The second kappa shape index (κ2) is 12.0. The number of ketones is 1. The van der Waals surface area contributed by atoms with E-state index in [9.17, 15) is 19.8 Å². The van der Waals surface area contributed by atoms with Crippen molar-refractivity contribution in [1.82, 2.24) is 0 Å². The second-order valence-corrected chi connectivity index (χ2v) is 6.87. The van der Waals surface area contributed by atoms with Gasteiger partial charge in [0.15, 0.2) is 0 Å². The molecule has 0 aromatic rings. The number of aliphatic hydroxyl groups excluding tert-OH is 2. The molecule has 0 spiro atoms. The van der Waals surface area contributed by atoms with Crippen molar-refractivity contribution < 1.29 is 24.9 Å². The van der Waals surface area contributed by atoms with E-state index in [-0.39, 0.29) is 30.5 Å². The van der Waals surface area contributed by atoms with Crippen LogP contribution in [0.25, 0.3) is 0 Å². The number of allylic oxidation sites excluding steroid dienone is 3. The van der Waals surface area contributed by atoms with Crippen molar-refractivity contribution >= 4 is 11.8 Å². The second-order valence-electron chi connectivity index (χ2n) is 6.87. The van der Waals surface area contributed by atoms with Crippen LogP contribution in [0, 0.1) is 11.8 Å². The number of carbonyl (C=O) groups is 2. The molecule has 5 heteroatoms. The molecule has 25 heavy (non-hydrogen) atoms. The maximum absolute atomic E-state index is 12.1. The summed E-state index contributed by atoms with van der Waals surface area (Å²) in [4.78, 5) is 22.5. The molecule has 0 saturated heterocycles. The fourth-order valence-electron chi connectivity index (χ4n) is 3.22. The number of aliphatic hydroxyl groups is 2. The third-order valence-electron chi connectivity index (χ3n) is 4.72. The topological polar surface area (TPSA) is 94.8 Å². The zero-order valence-electron chi connectivity index (χ0n) is 15.1. The molecule has 2 unspecified atom stereocenters. The fourth-order valence-corrected chi connectivity index (χ4v) is 3.22. The van der Waals surface area contributed by atoms with Crippen molar-refractivity contribution in [3.8, 4) is 0 Å². The van der Waals surface area contributed by atoms with Gasteiger partial charge in [0.05, 0.1) is 12.2 Å². The Morgan fingerprint density at radius 3 is 2.72 bits per heavy atom. The van der Waals surface area contributed by atoms with Gasteiger partial charge in [0.1, 0.15) is 5.78 Å². The first kappa shape index (κ1) is 21.6. The maximum Gasteiger partial charge on any atom is 0.303 e. The average Bonchev–Trinajstić information content (AvgIpc) is 2.82. The van der Waals surface area contributed by atoms with Gasteiger partial charge in [-0.1, -0.05) is 50.5 Å². The van der Waals surface area contributed by atoms with E-state index in [1.807, 2.05) is 12.2 Å². The van der Waals surface area contributed by atoms with Gasteiger partial charge < -0.3 is 15.3 Å². The molecule has 1 aliphatic carbocycles. The van der Waals surface area contributed by atoms with Gasteiger partial charge in [-0.15, -0.1) is 0 Å². The Labute approximate surface area is 150 Å². The highest BCUT2D eigenvalue weighted by Gasteiger charge is 2.39. The molecular formula is C20H32O5. The Balaban J connectivity index is 2.48. The van der Waals surface area contributed by atoms with Gasteiger partial charge in [-0.3, -0.25) is 9.59 Å². The van der Waals surface area contributed by atoms with Gasteiger partial charge in [-0.2, -0.15) is 0 Å². The summed E-state index contributed by atoms with van der Waals surface area (Å²) in [5, 5.41) is 28.7. The first-order chi connectivity index (χ1) is 12.0. The highest BCUT2D eigenvalue weighted by atomic mass is 16.4. The predicted molar refractivity (Wildman–Crippen MR) is 97.1 cm³/mol. The lowest BCUT2D eigenvalue weighted by Gasteiger charge is -2.17. The Morgan fingerprint density at radius 2 is 2.04 bits per heavy atom. The van der Waals surface area contributed by atoms with Crippen LogP contribution >= 0.6 is 0 Å². The number of carboxylic acid groups (broad SMARTS) is 1. The van der Waals surface area contributed by atoms with E-state index in [1.165, 1.54) is 0 Å². The van der Waals surface area contributed by atoms with Crippen LogP contribution in [0.2, 0.25) is 0 Å². The molecule has 1 aliphatic rings. The molecule has 1 fully saturated rings. The van der Waals surface area contributed by atoms with E-state index < -0.39 is 18.2 Å².